The Kier molecular flexibility index (Phi) is 2.41. The maximum atomic E-state index is 13.7. The lowest BCUT2D eigenvalue weighted by molar-refractivity contribution is 0.602. The fourth-order valence-corrected chi connectivity index (χ4v) is 3.07. The largest absolute Gasteiger partial charge is 0.354 e. The molecule has 1 N–H and O–H groups in total. The van der Waals surface area contributed by atoms with Crippen LogP contribution in [0.15, 0.2) is 50.7 Å². The average molecular weight is 296 g/mol. The van der Waals surface area contributed by atoms with Crippen LogP contribution in [0.3, 0.4) is 0 Å². The summed E-state index contributed by atoms with van der Waals surface area (Å²) in [7, 11) is 0. The van der Waals surface area contributed by atoms with E-state index in [-0.39, 0.29) is 5.82 Å². The van der Waals surface area contributed by atoms with Crippen LogP contribution < -0.4 is 5.32 Å². The van der Waals surface area contributed by atoms with Crippen LogP contribution in [0, 0.1) is 5.82 Å². The molecular weight excluding hydrogens is 289 g/mol. The van der Waals surface area contributed by atoms with Crippen LogP contribution in [-0.4, -0.2) is 0 Å². The first-order valence-electron chi connectivity index (χ1n) is 4.77. The van der Waals surface area contributed by atoms with Gasteiger partial charge in [0.2, 0.25) is 0 Å². The maximum absolute atomic E-state index is 13.7. The quantitative estimate of drug-likeness (QED) is 0.639. The smallest absolute Gasteiger partial charge is 0.140 e. The van der Waals surface area contributed by atoms with Crippen LogP contribution in [-0.2, 0) is 0 Å². The number of fused-ring (bicyclic) bond motifs is 2. The van der Waals surface area contributed by atoms with Crippen LogP contribution in [0.5, 0.6) is 0 Å². The molecule has 0 aliphatic carbocycles. The van der Waals surface area contributed by atoms with Crippen molar-refractivity contribution in [1.29, 1.82) is 0 Å². The Morgan fingerprint density at radius 2 is 1.94 bits per heavy atom. The molecule has 1 nitrogen and oxygen atoms in total. The lowest BCUT2D eigenvalue weighted by Gasteiger charge is -2.21. The molecule has 2 aromatic carbocycles. The first kappa shape index (κ1) is 10.2. The number of anilines is 2. The van der Waals surface area contributed by atoms with Crippen molar-refractivity contribution in [2.45, 2.75) is 9.79 Å². The molecule has 2 aromatic rings. The predicted octanol–water partition coefficient (Wildman–Crippen LogP) is 4.80. The van der Waals surface area contributed by atoms with E-state index < -0.39 is 0 Å². The second-order valence-electron chi connectivity index (χ2n) is 3.49. The summed E-state index contributed by atoms with van der Waals surface area (Å²) in [5.74, 6) is -0.198. The summed E-state index contributed by atoms with van der Waals surface area (Å²) in [5, 5.41) is 3.23. The van der Waals surface area contributed by atoms with Gasteiger partial charge in [-0.3, -0.25) is 0 Å². The third kappa shape index (κ3) is 1.62. The zero-order valence-electron chi connectivity index (χ0n) is 8.13. The van der Waals surface area contributed by atoms with Crippen molar-refractivity contribution in [3.05, 3.63) is 46.7 Å². The number of rotatable bonds is 0. The van der Waals surface area contributed by atoms with Gasteiger partial charge in [0, 0.05) is 9.37 Å². The molecule has 0 amide bonds. The van der Waals surface area contributed by atoms with E-state index in [9.17, 15) is 4.39 Å². The molecule has 1 heterocycles. The van der Waals surface area contributed by atoms with Crippen molar-refractivity contribution < 1.29 is 4.39 Å². The molecule has 0 saturated heterocycles. The molecule has 0 spiro atoms. The van der Waals surface area contributed by atoms with Crippen LogP contribution in [0.1, 0.15) is 0 Å². The molecule has 0 fully saturated rings. The van der Waals surface area contributed by atoms with E-state index in [1.54, 1.807) is 0 Å². The van der Waals surface area contributed by atoms with Crippen molar-refractivity contribution in [3.8, 4) is 0 Å². The van der Waals surface area contributed by atoms with Crippen LogP contribution in [0.4, 0.5) is 15.8 Å². The fraction of sp³-hybridized carbons (Fsp3) is 0. The molecule has 80 valence electrons. The van der Waals surface area contributed by atoms with E-state index in [0.717, 1.165) is 20.7 Å². The summed E-state index contributed by atoms with van der Waals surface area (Å²) in [6.07, 6.45) is 0. The molecule has 0 bridgehead atoms. The van der Waals surface area contributed by atoms with Gasteiger partial charge in [-0.05, 0) is 24.3 Å². The lowest BCUT2D eigenvalue weighted by Crippen LogP contribution is -2.01. The number of hydrogen-bond acceptors (Lipinski definition) is 2. The molecule has 0 unspecified atom stereocenters. The molecule has 1 aliphatic heterocycles. The molecular formula is C12H7BrFNS. The van der Waals surface area contributed by atoms with Crippen molar-refractivity contribution in [2.24, 2.45) is 0 Å². The van der Waals surface area contributed by atoms with E-state index in [2.05, 4.69) is 21.2 Å². The number of halogens is 2. The minimum atomic E-state index is -0.198. The first-order chi connectivity index (χ1) is 7.74. The summed E-state index contributed by atoms with van der Waals surface area (Å²) < 4.78 is 14.5. The number of nitrogens with one attached hydrogen (secondary N) is 1. The SMILES string of the molecule is Fc1cc(Br)cc2c1Sc1ccccc1N2. The van der Waals surface area contributed by atoms with Gasteiger partial charge in [0.15, 0.2) is 0 Å². The zero-order valence-corrected chi connectivity index (χ0v) is 10.5. The summed E-state index contributed by atoms with van der Waals surface area (Å²) in [6, 6.07) is 11.3. The van der Waals surface area contributed by atoms with Crippen molar-refractivity contribution in [2.75, 3.05) is 5.32 Å². The van der Waals surface area contributed by atoms with Crippen molar-refractivity contribution in [1.82, 2.24) is 0 Å². The highest BCUT2D eigenvalue weighted by Crippen LogP contribution is 2.45. The van der Waals surface area contributed by atoms with Gasteiger partial charge in [-0.2, -0.15) is 0 Å². The van der Waals surface area contributed by atoms with Crippen molar-refractivity contribution >= 4 is 39.1 Å². The Morgan fingerprint density at radius 3 is 2.81 bits per heavy atom. The fourth-order valence-electron chi connectivity index (χ4n) is 1.67. The third-order valence-corrected chi connectivity index (χ3v) is 4.03. The Hall–Kier alpha value is -1.00. The molecule has 3 rings (SSSR count). The second kappa shape index (κ2) is 3.79. The van der Waals surface area contributed by atoms with E-state index in [1.165, 1.54) is 17.8 Å². The van der Waals surface area contributed by atoms with Gasteiger partial charge >= 0.3 is 0 Å². The van der Waals surface area contributed by atoms with Crippen LogP contribution >= 0.6 is 27.7 Å². The van der Waals surface area contributed by atoms with Gasteiger partial charge in [-0.25, -0.2) is 4.39 Å². The molecule has 0 saturated carbocycles. The van der Waals surface area contributed by atoms with Gasteiger partial charge in [-0.15, -0.1) is 0 Å². The number of para-hydroxylation sites is 1. The van der Waals surface area contributed by atoms with Crippen LogP contribution in [0.2, 0.25) is 0 Å². The summed E-state index contributed by atoms with van der Waals surface area (Å²) >= 11 is 4.75. The van der Waals surface area contributed by atoms with Gasteiger partial charge in [-0.1, -0.05) is 39.8 Å². The van der Waals surface area contributed by atoms with Crippen molar-refractivity contribution in [3.63, 3.8) is 0 Å². The standard InChI is InChI=1S/C12H7BrFNS/c13-7-5-8(14)12-10(6-7)15-9-3-1-2-4-11(9)16-12/h1-6,15H. The Balaban J connectivity index is 2.15. The highest BCUT2D eigenvalue weighted by atomic mass is 79.9. The molecule has 0 atom stereocenters. The van der Waals surface area contributed by atoms with E-state index in [0.29, 0.717) is 4.90 Å². The van der Waals surface area contributed by atoms with Crippen LogP contribution in [0.25, 0.3) is 0 Å². The summed E-state index contributed by atoms with van der Waals surface area (Å²) in [4.78, 5) is 1.71. The second-order valence-corrected chi connectivity index (χ2v) is 5.46. The van der Waals surface area contributed by atoms with Gasteiger partial charge in [0.05, 0.1) is 16.3 Å². The van der Waals surface area contributed by atoms with Gasteiger partial charge in [0.1, 0.15) is 5.82 Å². The lowest BCUT2D eigenvalue weighted by atomic mass is 10.2. The number of benzene rings is 2. The zero-order chi connectivity index (χ0) is 11.1. The molecule has 0 radical (unpaired) electrons. The highest BCUT2D eigenvalue weighted by Gasteiger charge is 2.19. The monoisotopic (exact) mass is 295 g/mol. The molecule has 4 heteroatoms. The predicted molar refractivity (Wildman–Crippen MR) is 67.9 cm³/mol. The highest BCUT2D eigenvalue weighted by molar-refractivity contribution is 9.10. The number of hydrogen-bond donors (Lipinski definition) is 1. The molecule has 0 aromatic heterocycles. The topological polar surface area (TPSA) is 12.0 Å². The maximum Gasteiger partial charge on any atom is 0.140 e. The van der Waals surface area contributed by atoms with Gasteiger partial charge < -0.3 is 5.32 Å². The first-order valence-corrected chi connectivity index (χ1v) is 6.38. The Morgan fingerprint density at radius 1 is 1.12 bits per heavy atom. The third-order valence-electron chi connectivity index (χ3n) is 2.38. The normalized spacial score (nSPS) is 12.6. The Bertz CT molecular complexity index is 571. The Labute approximate surface area is 105 Å². The minimum Gasteiger partial charge on any atom is -0.354 e. The van der Waals surface area contributed by atoms with E-state index in [4.69, 9.17) is 0 Å². The summed E-state index contributed by atoms with van der Waals surface area (Å²) in [5.41, 5.74) is 1.84. The summed E-state index contributed by atoms with van der Waals surface area (Å²) in [6.45, 7) is 0. The minimum absolute atomic E-state index is 0.198. The average Bonchev–Trinajstić information content (AvgIpc) is 2.27. The molecule has 1 aliphatic rings. The molecule has 16 heavy (non-hydrogen) atoms. The van der Waals surface area contributed by atoms with E-state index >= 15 is 0 Å². The van der Waals surface area contributed by atoms with E-state index in [1.807, 2.05) is 30.3 Å². The van der Waals surface area contributed by atoms with Gasteiger partial charge in [0.25, 0.3) is 0 Å².